The number of carbonyl (C=O) groups excluding carboxylic acids is 1. The second kappa shape index (κ2) is 3.49. The number of carbonyl (C=O) groups is 1. The van der Waals surface area contributed by atoms with Crippen molar-refractivity contribution in [3.63, 3.8) is 0 Å². The van der Waals surface area contributed by atoms with Crippen molar-refractivity contribution < 1.29 is 9.72 Å². The summed E-state index contributed by atoms with van der Waals surface area (Å²) in [5.41, 5.74) is 1.58. The Labute approximate surface area is 85.6 Å². The van der Waals surface area contributed by atoms with Gasteiger partial charge in [0.2, 0.25) is 0 Å². The monoisotopic (exact) mass is 201 g/mol. The molecule has 0 N–H and O–H groups in total. The van der Waals surface area contributed by atoms with Crippen molar-refractivity contribution in [1.82, 2.24) is 0 Å². The number of nitro groups is 1. The Morgan fingerprint density at radius 1 is 1.07 bits per heavy atom. The molecular weight excluding hydrogens is 194 g/mol. The maximum atomic E-state index is 11.2. The van der Waals surface area contributed by atoms with Gasteiger partial charge in [0.25, 0.3) is 0 Å². The van der Waals surface area contributed by atoms with E-state index in [1.165, 1.54) is 6.07 Å². The van der Waals surface area contributed by atoms with Gasteiger partial charge in [0.15, 0.2) is 0 Å². The van der Waals surface area contributed by atoms with Gasteiger partial charge in [0, 0.05) is 0 Å². The fourth-order valence-electron chi connectivity index (χ4n) is 1.50. The molecule has 0 heterocycles. The molecule has 1 amide bonds. The molecule has 0 bridgehead atoms. The molecule has 0 fully saturated rings. The first-order valence-corrected chi connectivity index (χ1v) is 4.36. The molecule has 0 atom stereocenters. The van der Waals surface area contributed by atoms with Gasteiger partial charge < -0.3 is 0 Å². The van der Waals surface area contributed by atoms with Gasteiger partial charge in [-0.2, -0.15) is 0 Å². The Morgan fingerprint density at radius 3 is 2.53 bits per heavy atom. The third kappa shape index (κ3) is 1.57. The van der Waals surface area contributed by atoms with Crippen LogP contribution in [0.15, 0.2) is 42.5 Å². The highest BCUT2D eigenvalue weighted by Crippen LogP contribution is 2.26. The van der Waals surface area contributed by atoms with Crippen molar-refractivity contribution in [2.75, 3.05) is 0 Å². The Balaban J connectivity index is 2.59. The van der Waals surface area contributed by atoms with Crippen LogP contribution in [0.3, 0.4) is 0 Å². The lowest BCUT2D eigenvalue weighted by molar-refractivity contribution is -0.375. The van der Waals surface area contributed by atoms with Crippen LogP contribution in [0.1, 0.15) is 10.4 Å². The Kier molecular flexibility index (Phi) is 2.17. The molecule has 0 unspecified atom stereocenters. The van der Waals surface area contributed by atoms with E-state index in [0.29, 0.717) is 5.56 Å². The molecule has 0 aliphatic heterocycles. The average molecular weight is 201 g/mol. The number of hydrogen-bond donors (Lipinski definition) is 0. The number of rotatable bonds is 1. The molecule has 0 radical (unpaired) electrons. The highest BCUT2D eigenvalue weighted by Gasteiger charge is 2.23. The average Bonchev–Trinajstić information content (AvgIpc) is 2.46. The van der Waals surface area contributed by atoms with Gasteiger partial charge in [-0.15, -0.1) is 0 Å². The Bertz CT molecular complexity index is 507. The molecule has 0 aromatic carbocycles. The van der Waals surface area contributed by atoms with Gasteiger partial charge in [-0.1, -0.05) is 36.4 Å². The summed E-state index contributed by atoms with van der Waals surface area (Å²) in [7, 11) is 0. The first-order chi connectivity index (χ1) is 7.20. The minimum atomic E-state index is -1.06. The van der Waals surface area contributed by atoms with Crippen molar-refractivity contribution in [2.45, 2.75) is 0 Å². The smallest absolute Gasteiger partial charge is 0.255 e. The molecule has 4 nitrogen and oxygen atoms in total. The first-order valence-electron chi connectivity index (χ1n) is 4.36. The molecule has 0 spiro atoms. The van der Waals surface area contributed by atoms with Crippen molar-refractivity contribution in [2.24, 2.45) is 0 Å². The highest BCUT2D eigenvalue weighted by atomic mass is 16.6. The van der Waals surface area contributed by atoms with E-state index in [0.717, 1.165) is 5.56 Å². The Morgan fingerprint density at radius 2 is 1.80 bits per heavy atom. The number of nitrogens with zero attached hydrogens (tertiary/aromatic N) is 1. The van der Waals surface area contributed by atoms with Crippen molar-refractivity contribution >= 4 is 5.91 Å². The lowest BCUT2D eigenvalue weighted by Gasteiger charge is -1.93. The van der Waals surface area contributed by atoms with Crippen molar-refractivity contribution in [3.8, 4) is 11.1 Å². The molecular formula is C11H7NO3. The lowest BCUT2D eigenvalue weighted by atomic mass is 10.1. The van der Waals surface area contributed by atoms with Crippen LogP contribution in [0.5, 0.6) is 0 Å². The molecule has 0 saturated heterocycles. The number of fused-ring (bicyclic) bond motifs is 1. The highest BCUT2D eigenvalue weighted by molar-refractivity contribution is 5.97. The van der Waals surface area contributed by atoms with Gasteiger partial charge >= 0.3 is 5.91 Å². The largest absolute Gasteiger partial charge is 0.477 e. The molecule has 74 valence electrons. The van der Waals surface area contributed by atoms with E-state index in [9.17, 15) is 14.9 Å². The van der Waals surface area contributed by atoms with E-state index < -0.39 is 10.8 Å². The van der Waals surface area contributed by atoms with Gasteiger partial charge in [-0.3, -0.25) is 10.1 Å². The van der Waals surface area contributed by atoms with Crippen LogP contribution >= 0.6 is 0 Å². The first kappa shape index (κ1) is 9.33. The maximum Gasteiger partial charge on any atom is 0.477 e. The second-order valence-corrected chi connectivity index (χ2v) is 3.09. The summed E-state index contributed by atoms with van der Waals surface area (Å²) in [6.07, 6.45) is 0. The zero-order valence-electron chi connectivity index (χ0n) is 7.71. The lowest BCUT2D eigenvalue weighted by Crippen LogP contribution is -2.10. The van der Waals surface area contributed by atoms with Crippen LogP contribution in [0.2, 0.25) is 0 Å². The summed E-state index contributed by atoms with van der Waals surface area (Å²) in [5, 5.41) is 10.4. The van der Waals surface area contributed by atoms with E-state index in [2.05, 4.69) is 0 Å². The second-order valence-electron chi connectivity index (χ2n) is 3.09. The summed E-state index contributed by atoms with van der Waals surface area (Å²) in [4.78, 5) is 20.7. The Hall–Kier alpha value is -2.23. The minimum Gasteiger partial charge on any atom is -0.255 e. The van der Waals surface area contributed by atoms with E-state index >= 15 is 0 Å². The molecule has 2 aliphatic rings. The molecule has 4 heteroatoms. The summed E-state index contributed by atoms with van der Waals surface area (Å²) in [6, 6.07) is 12.1. The van der Waals surface area contributed by atoms with Crippen molar-refractivity contribution in [3.05, 3.63) is 58.1 Å². The zero-order chi connectivity index (χ0) is 10.8. The number of amides is 1. The standard InChI is InChI=1S/C11H7NO3/c13-11(12(14)15)10-7-6-8-4-2-1-3-5-9(8)10/h1-7H. The predicted octanol–water partition coefficient (Wildman–Crippen LogP) is 2.21. The molecule has 15 heavy (non-hydrogen) atoms. The zero-order valence-corrected chi connectivity index (χ0v) is 7.71. The van der Waals surface area contributed by atoms with Crippen molar-refractivity contribution in [1.29, 1.82) is 0 Å². The van der Waals surface area contributed by atoms with Gasteiger partial charge in [0.1, 0.15) is 10.5 Å². The minimum absolute atomic E-state index is 0.145. The molecule has 2 rings (SSSR count). The summed E-state index contributed by atoms with van der Waals surface area (Å²) >= 11 is 0. The van der Waals surface area contributed by atoms with Crippen LogP contribution in [0.25, 0.3) is 11.1 Å². The van der Waals surface area contributed by atoms with E-state index in [-0.39, 0.29) is 5.56 Å². The fourth-order valence-corrected chi connectivity index (χ4v) is 1.50. The third-order valence-electron chi connectivity index (χ3n) is 2.19. The molecule has 0 aromatic heterocycles. The fraction of sp³-hybridized carbons (Fsp3) is 0. The normalized spacial score (nSPS) is 10.1. The topological polar surface area (TPSA) is 60.2 Å². The van der Waals surface area contributed by atoms with Gasteiger partial charge in [0.05, 0.1) is 0 Å². The predicted molar refractivity (Wildman–Crippen MR) is 54.4 cm³/mol. The molecule has 0 aromatic rings. The summed E-state index contributed by atoms with van der Waals surface area (Å²) in [5.74, 6) is -1.06. The van der Waals surface area contributed by atoms with E-state index in [4.69, 9.17) is 0 Å². The van der Waals surface area contributed by atoms with Crippen LogP contribution < -0.4 is 0 Å². The third-order valence-corrected chi connectivity index (χ3v) is 2.19. The summed E-state index contributed by atoms with van der Waals surface area (Å²) in [6.45, 7) is 0. The van der Waals surface area contributed by atoms with Gasteiger partial charge in [-0.25, -0.2) is 4.79 Å². The van der Waals surface area contributed by atoms with Crippen LogP contribution in [-0.2, 0) is 0 Å². The van der Waals surface area contributed by atoms with Crippen LogP contribution in [-0.4, -0.2) is 10.8 Å². The van der Waals surface area contributed by atoms with E-state index in [1.807, 2.05) is 12.1 Å². The summed E-state index contributed by atoms with van der Waals surface area (Å²) < 4.78 is 0. The molecule has 2 aliphatic carbocycles. The van der Waals surface area contributed by atoms with E-state index in [1.54, 1.807) is 24.3 Å². The van der Waals surface area contributed by atoms with Crippen LogP contribution in [0.4, 0.5) is 0 Å². The quantitative estimate of drug-likeness (QED) is 0.525. The number of hydrogen-bond acceptors (Lipinski definition) is 3. The molecule has 0 saturated carbocycles. The SMILES string of the molecule is O=C(c1ccc2cccccc1-2)[N+](=O)[O-]. The maximum absolute atomic E-state index is 11.2. The van der Waals surface area contributed by atoms with Gasteiger partial charge in [-0.05, 0) is 17.2 Å². The van der Waals surface area contributed by atoms with Crippen LogP contribution in [0, 0.1) is 10.1 Å².